The SMILES string of the molecule is O=C(c1cccc(Br)c1)N1CCCSCC1CN1CCCCC1. The molecule has 1 amide bonds. The third-order valence-corrected chi connectivity index (χ3v) is 6.38. The van der Waals surface area contributed by atoms with E-state index in [0.717, 1.165) is 35.3 Å². The molecule has 0 radical (unpaired) electrons. The van der Waals surface area contributed by atoms with Crippen molar-refractivity contribution < 1.29 is 4.79 Å². The second-order valence-electron chi connectivity index (χ2n) is 6.45. The Morgan fingerprint density at radius 3 is 2.78 bits per heavy atom. The van der Waals surface area contributed by atoms with Gasteiger partial charge in [-0.15, -0.1) is 0 Å². The van der Waals surface area contributed by atoms with Crippen LogP contribution < -0.4 is 0 Å². The van der Waals surface area contributed by atoms with Crippen LogP contribution in [0.3, 0.4) is 0 Å². The van der Waals surface area contributed by atoms with Gasteiger partial charge >= 0.3 is 0 Å². The predicted octanol–water partition coefficient (Wildman–Crippen LogP) is 3.88. The molecule has 0 aromatic heterocycles. The largest absolute Gasteiger partial charge is 0.334 e. The van der Waals surface area contributed by atoms with Gasteiger partial charge in [0.05, 0.1) is 6.04 Å². The monoisotopic (exact) mass is 396 g/mol. The summed E-state index contributed by atoms with van der Waals surface area (Å²) < 4.78 is 0.972. The van der Waals surface area contributed by atoms with Gasteiger partial charge in [-0.05, 0) is 56.3 Å². The van der Waals surface area contributed by atoms with Gasteiger partial charge in [-0.3, -0.25) is 4.79 Å². The molecule has 126 valence electrons. The van der Waals surface area contributed by atoms with Crippen molar-refractivity contribution in [3.8, 4) is 0 Å². The Kier molecular flexibility index (Phi) is 6.43. The smallest absolute Gasteiger partial charge is 0.254 e. The first kappa shape index (κ1) is 17.3. The number of piperidine rings is 1. The fourth-order valence-electron chi connectivity index (χ4n) is 3.47. The summed E-state index contributed by atoms with van der Waals surface area (Å²) in [4.78, 5) is 17.7. The van der Waals surface area contributed by atoms with Crippen molar-refractivity contribution in [3.63, 3.8) is 0 Å². The van der Waals surface area contributed by atoms with Gasteiger partial charge in [0.1, 0.15) is 0 Å². The van der Waals surface area contributed by atoms with Gasteiger partial charge in [-0.1, -0.05) is 28.4 Å². The molecule has 2 saturated heterocycles. The summed E-state index contributed by atoms with van der Waals surface area (Å²) in [5, 5.41) is 0. The van der Waals surface area contributed by atoms with E-state index in [0.29, 0.717) is 6.04 Å². The Balaban J connectivity index is 1.73. The van der Waals surface area contributed by atoms with Crippen LogP contribution in [-0.4, -0.2) is 59.4 Å². The number of halogens is 1. The number of hydrogen-bond acceptors (Lipinski definition) is 3. The van der Waals surface area contributed by atoms with Crippen molar-refractivity contribution in [2.75, 3.05) is 37.7 Å². The van der Waals surface area contributed by atoms with E-state index in [1.807, 2.05) is 36.0 Å². The highest BCUT2D eigenvalue weighted by Crippen LogP contribution is 2.22. The van der Waals surface area contributed by atoms with E-state index in [1.54, 1.807) is 0 Å². The van der Waals surface area contributed by atoms with Crippen LogP contribution in [0, 0.1) is 0 Å². The topological polar surface area (TPSA) is 23.6 Å². The lowest BCUT2D eigenvalue weighted by Crippen LogP contribution is -2.49. The van der Waals surface area contributed by atoms with E-state index >= 15 is 0 Å². The second kappa shape index (κ2) is 8.54. The number of rotatable bonds is 3. The molecular weight excluding hydrogens is 372 g/mol. The van der Waals surface area contributed by atoms with Crippen LogP contribution in [0.4, 0.5) is 0 Å². The number of benzene rings is 1. The molecule has 2 aliphatic heterocycles. The maximum Gasteiger partial charge on any atom is 0.254 e. The number of thioether (sulfide) groups is 1. The van der Waals surface area contributed by atoms with Gasteiger partial charge in [0.15, 0.2) is 0 Å². The summed E-state index contributed by atoms with van der Waals surface area (Å²) >= 11 is 5.48. The molecule has 0 saturated carbocycles. The van der Waals surface area contributed by atoms with Crippen molar-refractivity contribution in [3.05, 3.63) is 34.3 Å². The highest BCUT2D eigenvalue weighted by atomic mass is 79.9. The average molecular weight is 397 g/mol. The van der Waals surface area contributed by atoms with Crippen molar-refractivity contribution >= 4 is 33.6 Å². The van der Waals surface area contributed by atoms with E-state index in [-0.39, 0.29) is 5.91 Å². The second-order valence-corrected chi connectivity index (χ2v) is 8.52. The van der Waals surface area contributed by atoms with Crippen molar-refractivity contribution in [1.82, 2.24) is 9.80 Å². The number of likely N-dealkylation sites (tertiary alicyclic amines) is 1. The van der Waals surface area contributed by atoms with E-state index in [2.05, 4.69) is 25.7 Å². The molecule has 3 rings (SSSR count). The minimum atomic E-state index is 0.191. The molecule has 5 heteroatoms. The Hall–Kier alpha value is -0.520. The van der Waals surface area contributed by atoms with Crippen LogP contribution in [0.5, 0.6) is 0 Å². The standard InChI is InChI=1S/C18H25BrN2OS/c19-16-7-4-6-15(12-16)18(22)21-10-5-11-23-14-17(21)13-20-8-2-1-3-9-20/h4,6-7,12,17H,1-3,5,8-11,13-14H2. The van der Waals surface area contributed by atoms with Gasteiger partial charge < -0.3 is 9.80 Å². The minimum absolute atomic E-state index is 0.191. The van der Waals surface area contributed by atoms with E-state index in [1.165, 1.54) is 38.1 Å². The molecule has 2 fully saturated rings. The molecule has 1 aromatic rings. The fourth-order valence-corrected chi connectivity index (χ4v) is 4.93. The average Bonchev–Trinajstić information content (AvgIpc) is 2.81. The molecule has 1 unspecified atom stereocenters. The van der Waals surface area contributed by atoms with Crippen LogP contribution in [0.2, 0.25) is 0 Å². The van der Waals surface area contributed by atoms with Crippen molar-refractivity contribution in [1.29, 1.82) is 0 Å². The van der Waals surface area contributed by atoms with Gasteiger partial charge in [0.25, 0.3) is 5.91 Å². The minimum Gasteiger partial charge on any atom is -0.334 e. The zero-order chi connectivity index (χ0) is 16.1. The van der Waals surface area contributed by atoms with E-state index < -0.39 is 0 Å². The van der Waals surface area contributed by atoms with Gasteiger partial charge in [-0.25, -0.2) is 0 Å². The molecular formula is C18H25BrN2OS. The first-order valence-electron chi connectivity index (χ1n) is 8.61. The van der Waals surface area contributed by atoms with Crippen LogP contribution in [0.15, 0.2) is 28.7 Å². The Labute approximate surface area is 151 Å². The first-order chi connectivity index (χ1) is 11.2. The van der Waals surface area contributed by atoms with Crippen molar-refractivity contribution in [2.24, 2.45) is 0 Å². The quantitative estimate of drug-likeness (QED) is 0.774. The van der Waals surface area contributed by atoms with E-state index in [4.69, 9.17) is 0 Å². The van der Waals surface area contributed by atoms with Gasteiger partial charge in [0, 0.05) is 28.9 Å². The molecule has 23 heavy (non-hydrogen) atoms. The molecule has 0 aliphatic carbocycles. The summed E-state index contributed by atoms with van der Waals surface area (Å²) in [5.41, 5.74) is 0.801. The molecule has 2 aliphatic rings. The highest BCUT2D eigenvalue weighted by Gasteiger charge is 2.28. The maximum absolute atomic E-state index is 13.0. The van der Waals surface area contributed by atoms with Crippen LogP contribution in [0.25, 0.3) is 0 Å². The molecule has 1 aromatic carbocycles. The number of nitrogens with zero attached hydrogens (tertiary/aromatic N) is 2. The van der Waals surface area contributed by atoms with Crippen LogP contribution in [0.1, 0.15) is 36.0 Å². The normalized spacial score (nSPS) is 23.5. The highest BCUT2D eigenvalue weighted by molar-refractivity contribution is 9.10. The van der Waals surface area contributed by atoms with Gasteiger partial charge in [-0.2, -0.15) is 11.8 Å². The van der Waals surface area contributed by atoms with Crippen LogP contribution >= 0.6 is 27.7 Å². The summed E-state index contributed by atoms with van der Waals surface area (Å²) in [6, 6.07) is 8.14. The predicted molar refractivity (Wildman–Crippen MR) is 101 cm³/mol. The lowest BCUT2D eigenvalue weighted by Gasteiger charge is -2.35. The summed E-state index contributed by atoms with van der Waals surface area (Å²) in [6.07, 6.45) is 5.07. The summed E-state index contributed by atoms with van der Waals surface area (Å²) in [6.45, 7) is 4.31. The zero-order valence-corrected chi connectivity index (χ0v) is 15.9. The molecule has 0 N–H and O–H groups in total. The Morgan fingerprint density at radius 1 is 1.17 bits per heavy atom. The molecule has 1 atom stereocenters. The lowest BCUT2D eigenvalue weighted by molar-refractivity contribution is 0.0645. The zero-order valence-electron chi connectivity index (χ0n) is 13.5. The lowest BCUT2D eigenvalue weighted by atomic mass is 10.1. The third kappa shape index (κ3) is 4.74. The molecule has 3 nitrogen and oxygen atoms in total. The molecule has 2 heterocycles. The number of carbonyl (C=O) groups is 1. The molecule has 0 spiro atoms. The number of hydrogen-bond donors (Lipinski definition) is 0. The van der Waals surface area contributed by atoms with Crippen molar-refractivity contribution in [2.45, 2.75) is 31.7 Å². The van der Waals surface area contributed by atoms with Crippen LogP contribution in [-0.2, 0) is 0 Å². The van der Waals surface area contributed by atoms with Gasteiger partial charge in [0.2, 0.25) is 0 Å². The fraction of sp³-hybridized carbons (Fsp3) is 0.611. The number of amides is 1. The summed E-state index contributed by atoms with van der Waals surface area (Å²) in [5.74, 6) is 2.42. The maximum atomic E-state index is 13.0. The van der Waals surface area contributed by atoms with E-state index in [9.17, 15) is 4.79 Å². The first-order valence-corrected chi connectivity index (χ1v) is 10.6. The Morgan fingerprint density at radius 2 is 2.00 bits per heavy atom. The summed E-state index contributed by atoms with van der Waals surface area (Å²) in [7, 11) is 0. The third-order valence-electron chi connectivity index (χ3n) is 4.69. The number of carbonyl (C=O) groups excluding carboxylic acids is 1. The molecule has 0 bridgehead atoms. The Bertz CT molecular complexity index is 534.